The van der Waals surface area contributed by atoms with Crippen LogP contribution < -0.4 is 24.3 Å². The van der Waals surface area contributed by atoms with Gasteiger partial charge in [0.2, 0.25) is 12.7 Å². The lowest BCUT2D eigenvalue weighted by molar-refractivity contribution is -0.178. The maximum Gasteiger partial charge on any atom is 0.308 e. The van der Waals surface area contributed by atoms with Crippen molar-refractivity contribution in [1.29, 1.82) is 0 Å². The second kappa shape index (κ2) is 13.9. The normalized spacial score (nSPS) is 25.7. The van der Waals surface area contributed by atoms with Crippen molar-refractivity contribution in [3.8, 4) is 28.7 Å². The van der Waals surface area contributed by atoms with Crippen LogP contribution in [0.15, 0.2) is 6.07 Å². The van der Waals surface area contributed by atoms with Gasteiger partial charge in [-0.25, -0.2) is 0 Å². The Balaban J connectivity index is 1.60. The summed E-state index contributed by atoms with van der Waals surface area (Å²) in [4.78, 5) is 42.5. The molecule has 2 unspecified atom stereocenters. The number of nitrogens with one attached hydrogen (secondary N) is 1. The van der Waals surface area contributed by atoms with Gasteiger partial charge in [-0.15, -0.1) is 11.8 Å². The first-order chi connectivity index (χ1) is 23.7. The van der Waals surface area contributed by atoms with E-state index in [1.807, 2.05) is 43.7 Å². The van der Waals surface area contributed by atoms with E-state index in [4.69, 9.17) is 18.9 Å². The van der Waals surface area contributed by atoms with Gasteiger partial charge in [-0.3, -0.25) is 24.2 Å². The molecule has 1 fully saturated rings. The number of phenols is 1. The molecule has 14 heteroatoms. The van der Waals surface area contributed by atoms with Crippen molar-refractivity contribution < 1.29 is 48.7 Å². The van der Waals surface area contributed by atoms with Gasteiger partial charge < -0.3 is 39.6 Å². The lowest BCUT2D eigenvalue weighted by atomic mass is 9.73. The zero-order valence-electron chi connectivity index (χ0n) is 29.7. The minimum atomic E-state index is -1.09. The highest BCUT2D eigenvalue weighted by atomic mass is 32.2. The summed E-state index contributed by atoms with van der Waals surface area (Å²) in [5.41, 5.74) is 3.88. The van der Waals surface area contributed by atoms with Crippen LogP contribution in [0.3, 0.4) is 0 Å². The number of piperazine rings is 1. The van der Waals surface area contributed by atoms with Crippen LogP contribution in [0.25, 0.3) is 0 Å². The number of hydrogen-bond donors (Lipinski definition) is 4. The van der Waals surface area contributed by atoms with Gasteiger partial charge in [-0.05, 0) is 51.3 Å². The Morgan fingerprint density at radius 3 is 2.42 bits per heavy atom. The summed E-state index contributed by atoms with van der Waals surface area (Å²) in [6, 6.07) is -1.30. The number of esters is 1. The molecule has 0 radical (unpaired) electrons. The maximum atomic E-state index is 13.0. The lowest BCUT2D eigenvalue weighted by Gasteiger charge is -2.61. The van der Waals surface area contributed by atoms with Crippen LogP contribution in [-0.2, 0) is 20.8 Å². The Hall–Kier alpha value is -3.56. The second-order valence-electron chi connectivity index (χ2n) is 14.1. The highest BCUT2D eigenvalue weighted by Gasteiger charge is 2.59. The minimum Gasteiger partial charge on any atom is -0.504 e. The average molecular weight is 714 g/mol. The molecule has 0 saturated carbocycles. The van der Waals surface area contributed by atoms with Crippen molar-refractivity contribution in [1.82, 2.24) is 15.1 Å². The summed E-state index contributed by atoms with van der Waals surface area (Å²) >= 11 is 1.38. The topological polar surface area (TPSA) is 167 Å². The fraction of sp³-hybridized carbons (Fsp3) is 0.583. The number of benzene rings is 2. The van der Waals surface area contributed by atoms with Crippen LogP contribution in [0.5, 0.6) is 28.7 Å². The van der Waals surface area contributed by atoms with Gasteiger partial charge in [0.1, 0.15) is 12.0 Å². The number of aryl methyl sites for hydroxylation is 1. The highest BCUT2D eigenvalue weighted by Crippen LogP contribution is 2.63. The molecule has 2 aromatic rings. The molecule has 1 saturated heterocycles. The molecule has 0 spiro atoms. The quantitative estimate of drug-likeness (QED) is 0.210. The number of Topliss-reactive ketones (excluding diaryl/α,β-unsaturated/α-hetero) is 1. The second-order valence-corrected chi connectivity index (χ2v) is 15.3. The van der Waals surface area contributed by atoms with E-state index in [2.05, 4.69) is 5.32 Å². The number of hydrogen-bond acceptors (Lipinski definition) is 13. The number of methoxy groups -OCH3 is 1. The SMILES string of the molecule is COc1c(C)cc2c(c1O)[C@@H]1C3[C@H](SC[C@H](NC(=O)CC(C)C)C(C)=O)c4c(OC(C)=O)c(C)c5c(c4[C@H](CO)N3C(O)[C@H](C2)N1C)OCO5. The Kier molecular flexibility index (Phi) is 10.1. The summed E-state index contributed by atoms with van der Waals surface area (Å²) in [7, 11) is 3.41. The van der Waals surface area contributed by atoms with E-state index in [9.17, 15) is 29.7 Å². The van der Waals surface area contributed by atoms with E-state index in [-0.39, 0.29) is 48.1 Å². The predicted molar refractivity (Wildman–Crippen MR) is 185 cm³/mol. The summed E-state index contributed by atoms with van der Waals surface area (Å²) < 4.78 is 23.5. The first kappa shape index (κ1) is 36.2. The standard InChI is InChI=1S/C36H47N3O10S/c1-15(2)9-24(43)37-21(18(5)41)13-50-35-27-26(34-33(47-14-48-34)17(4)32(27)49-19(6)42)23(12-40)39-29(35)28-25-20(11-22(36(39)45)38(28)7)10-16(3)31(46-8)30(25)44/h10,15,21-23,28-29,35-36,40,44-45H,9,11-14H2,1-8H3,(H,37,43)/t21-,22-,23-,28+,29?,35+,36?/m0/s1. The van der Waals surface area contributed by atoms with Gasteiger partial charge in [0.05, 0.1) is 43.1 Å². The molecule has 4 heterocycles. The third-order valence-electron chi connectivity index (χ3n) is 10.4. The summed E-state index contributed by atoms with van der Waals surface area (Å²) in [6.45, 7) is 9.72. The van der Waals surface area contributed by atoms with Crippen LogP contribution in [0, 0.1) is 19.8 Å². The zero-order chi connectivity index (χ0) is 36.3. The zero-order valence-corrected chi connectivity index (χ0v) is 30.6. The molecule has 4 aliphatic rings. The van der Waals surface area contributed by atoms with Crippen LogP contribution in [-0.4, -0.2) is 100 Å². The molecule has 0 aliphatic carbocycles. The number of amides is 1. The van der Waals surface area contributed by atoms with E-state index in [0.717, 1.165) is 11.1 Å². The Morgan fingerprint density at radius 2 is 1.80 bits per heavy atom. The number of carbonyl (C=O) groups is 3. The Morgan fingerprint density at radius 1 is 1.10 bits per heavy atom. The largest absolute Gasteiger partial charge is 0.504 e. The number of ketones is 1. The fourth-order valence-corrected chi connectivity index (χ4v) is 9.95. The minimum absolute atomic E-state index is 0.00567. The van der Waals surface area contributed by atoms with Gasteiger partial charge in [-0.2, -0.15) is 0 Å². The molecular weight excluding hydrogens is 666 g/mol. The number of aromatic hydroxyl groups is 1. The predicted octanol–water partition coefficient (Wildman–Crippen LogP) is 3.21. The van der Waals surface area contributed by atoms with E-state index >= 15 is 0 Å². The number of phenolic OH excluding ortho intramolecular Hbond substituents is 1. The van der Waals surface area contributed by atoms with Gasteiger partial charge in [0, 0.05) is 47.4 Å². The van der Waals surface area contributed by atoms with E-state index in [0.29, 0.717) is 45.9 Å². The third kappa shape index (κ3) is 5.88. The van der Waals surface area contributed by atoms with Crippen LogP contribution >= 0.6 is 11.8 Å². The summed E-state index contributed by atoms with van der Waals surface area (Å²) in [5, 5.41) is 37.5. The van der Waals surface area contributed by atoms with Crippen molar-refractivity contribution in [2.75, 3.05) is 33.3 Å². The highest BCUT2D eigenvalue weighted by molar-refractivity contribution is 7.99. The first-order valence-corrected chi connectivity index (χ1v) is 18.0. The average Bonchev–Trinajstić information content (AvgIpc) is 3.53. The molecule has 1 amide bonds. The van der Waals surface area contributed by atoms with Gasteiger partial charge in [0.25, 0.3) is 0 Å². The summed E-state index contributed by atoms with van der Waals surface area (Å²) in [5.74, 6) is 0.575. The van der Waals surface area contributed by atoms with Crippen molar-refractivity contribution in [2.24, 2.45) is 5.92 Å². The molecule has 2 bridgehead atoms. The number of aliphatic hydroxyl groups is 2. The van der Waals surface area contributed by atoms with Crippen molar-refractivity contribution in [3.63, 3.8) is 0 Å². The van der Waals surface area contributed by atoms with Crippen LogP contribution in [0.1, 0.15) is 84.8 Å². The molecule has 50 heavy (non-hydrogen) atoms. The number of likely N-dealkylation sites (N-methyl/N-ethyl adjacent to an activating group) is 1. The smallest absolute Gasteiger partial charge is 0.308 e. The number of nitrogens with zero attached hydrogens (tertiary/aromatic N) is 2. The van der Waals surface area contributed by atoms with Crippen molar-refractivity contribution >= 4 is 29.4 Å². The fourth-order valence-electron chi connectivity index (χ4n) is 8.35. The number of fused-ring (bicyclic) bond motifs is 9. The first-order valence-electron chi connectivity index (χ1n) is 16.9. The number of ether oxygens (including phenoxy) is 4. The third-order valence-corrected chi connectivity index (χ3v) is 11.8. The van der Waals surface area contributed by atoms with Crippen molar-refractivity contribution in [2.45, 2.75) is 96.1 Å². The van der Waals surface area contributed by atoms with Crippen LogP contribution in [0.2, 0.25) is 0 Å². The maximum absolute atomic E-state index is 13.0. The number of aliphatic hydroxyl groups excluding tert-OH is 2. The molecular formula is C36H47N3O10S. The lowest BCUT2D eigenvalue weighted by Crippen LogP contribution is -2.69. The molecule has 13 nitrogen and oxygen atoms in total. The van der Waals surface area contributed by atoms with E-state index in [1.165, 1.54) is 32.7 Å². The molecule has 4 aliphatic heterocycles. The van der Waals surface area contributed by atoms with Crippen molar-refractivity contribution in [3.05, 3.63) is 39.4 Å². The number of carbonyl (C=O) groups excluding carboxylic acids is 3. The molecule has 2 aromatic carbocycles. The monoisotopic (exact) mass is 713 g/mol. The molecule has 272 valence electrons. The molecule has 6 rings (SSSR count). The number of rotatable bonds is 10. The molecule has 7 atom stereocenters. The van der Waals surface area contributed by atoms with Gasteiger partial charge in [0.15, 0.2) is 28.8 Å². The summed E-state index contributed by atoms with van der Waals surface area (Å²) in [6.07, 6.45) is -0.406. The number of thioether (sulfide) groups is 1. The molecule has 4 N–H and O–H groups in total. The van der Waals surface area contributed by atoms with Crippen LogP contribution in [0.4, 0.5) is 0 Å². The van der Waals surface area contributed by atoms with Gasteiger partial charge in [-0.1, -0.05) is 19.9 Å². The van der Waals surface area contributed by atoms with Gasteiger partial charge >= 0.3 is 5.97 Å². The Bertz CT molecular complexity index is 1720. The van der Waals surface area contributed by atoms with E-state index in [1.54, 1.807) is 6.92 Å². The molecule has 0 aromatic heterocycles. The Labute approximate surface area is 296 Å². The van der Waals surface area contributed by atoms with E-state index < -0.39 is 54.3 Å².